The number of hydrogen-bond donors (Lipinski definition) is 0. The molecule has 0 aliphatic rings. The molecule has 18 heavy (non-hydrogen) atoms. The van der Waals surface area contributed by atoms with Crippen molar-refractivity contribution in [2.45, 2.75) is 74.5 Å². The molecule has 3 nitrogen and oxygen atoms in total. The molecular weight excluding hydrogens is 222 g/mol. The third-order valence-corrected chi connectivity index (χ3v) is 2.61. The highest BCUT2D eigenvalue weighted by atomic mass is 15.3. The molecule has 0 unspecified atom stereocenters. The van der Waals surface area contributed by atoms with E-state index in [9.17, 15) is 0 Å². The molecule has 1 heterocycles. The van der Waals surface area contributed by atoms with Crippen molar-refractivity contribution in [3.05, 3.63) is 18.0 Å². The zero-order valence-electron chi connectivity index (χ0n) is 13.7. The molecule has 0 amide bonds. The summed E-state index contributed by atoms with van der Waals surface area (Å²) in [6.07, 6.45) is 1.88. The van der Waals surface area contributed by atoms with Gasteiger partial charge in [-0.25, -0.2) is 0 Å². The highest BCUT2D eigenvalue weighted by Gasteiger charge is 2.09. The van der Waals surface area contributed by atoms with Crippen LogP contribution in [-0.2, 0) is 13.1 Å². The first-order valence-corrected chi connectivity index (χ1v) is 7.43. The second-order valence-corrected chi connectivity index (χ2v) is 3.80. The normalized spacial score (nSPS) is 9.67. The molecule has 0 fully saturated rings. The van der Waals surface area contributed by atoms with Crippen LogP contribution in [0.15, 0.2) is 12.3 Å². The van der Waals surface area contributed by atoms with Crippen LogP contribution in [0.3, 0.4) is 0 Å². The van der Waals surface area contributed by atoms with E-state index < -0.39 is 0 Å². The van der Waals surface area contributed by atoms with Crippen LogP contribution < -0.4 is 0 Å². The van der Waals surface area contributed by atoms with Crippen molar-refractivity contribution in [3.8, 4) is 0 Å². The van der Waals surface area contributed by atoms with E-state index in [1.807, 2.05) is 33.9 Å². The van der Waals surface area contributed by atoms with E-state index in [4.69, 9.17) is 0 Å². The van der Waals surface area contributed by atoms with E-state index >= 15 is 0 Å². The summed E-state index contributed by atoms with van der Waals surface area (Å²) in [5, 5.41) is 4.27. The molecule has 1 aromatic heterocycles. The van der Waals surface area contributed by atoms with Crippen LogP contribution in [0.1, 0.15) is 61.1 Å². The summed E-state index contributed by atoms with van der Waals surface area (Å²) in [5.41, 5.74) is 1.31. The Morgan fingerprint density at radius 2 is 1.72 bits per heavy atom. The molecule has 0 aliphatic heterocycles. The standard InChI is InChI=1S/C11H21N3.2C2H6/c1-5-13(10(3)4)9-11-7-8-12-14(11)6-2;2*1-2/h7-8,10H,5-6,9H2,1-4H3;2*1-2H3. The van der Waals surface area contributed by atoms with Crippen molar-refractivity contribution in [3.63, 3.8) is 0 Å². The Morgan fingerprint density at radius 1 is 1.17 bits per heavy atom. The van der Waals surface area contributed by atoms with E-state index in [2.05, 4.69) is 48.4 Å². The van der Waals surface area contributed by atoms with Gasteiger partial charge < -0.3 is 0 Å². The minimum Gasteiger partial charge on any atom is -0.295 e. The third-order valence-electron chi connectivity index (χ3n) is 2.61. The van der Waals surface area contributed by atoms with Crippen molar-refractivity contribution < 1.29 is 0 Å². The lowest BCUT2D eigenvalue weighted by Gasteiger charge is -2.24. The maximum Gasteiger partial charge on any atom is 0.0524 e. The van der Waals surface area contributed by atoms with Crippen LogP contribution in [0.2, 0.25) is 0 Å². The lowest BCUT2D eigenvalue weighted by Crippen LogP contribution is -2.30. The SMILES string of the molecule is CC.CC.CCN(Cc1ccnn1CC)C(C)C. The van der Waals surface area contributed by atoms with E-state index in [0.717, 1.165) is 19.6 Å². The van der Waals surface area contributed by atoms with Gasteiger partial charge in [0.05, 0.1) is 5.69 Å². The molecular formula is C15H33N3. The number of nitrogens with zero attached hydrogens (tertiary/aromatic N) is 3. The minimum atomic E-state index is 0.597. The summed E-state index contributed by atoms with van der Waals surface area (Å²) in [6, 6.07) is 2.70. The molecule has 1 aromatic rings. The summed E-state index contributed by atoms with van der Waals surface area (Å²) in [4.78, 5) is 2.43. The van der Waals surface area contributed by atoms with Crippen LogP contribution in [0, 0.1) is 0 Å². The van der Waals surface area contributed by atoms with Gasteiger partial charge in [-0.3, -0.25) is 9.58 Å². The Bertz CT molecular complexity index is 266. The van der Waals surface area contributed by atoms with Gasteiger partial charge in [0.2, 0.25) is 0 Å². The summed E-state index contributed by atoms with van der Waals surface area (Å²) in [6.45, 7) is 19.8. The molecule has 3 heteroatoms. The molecule has 0 bridgehead atoms. The third kappa shape index (κ3) is 6.80. The molecule has 1 rings (SSSR count). The van der Waals surface area contributed by atoms with Crippen LogP contribution in [-0.4, -0.2) is 27.3 Å². The highest BCUT2D eigenvalue weighted by molar-refractivity contribution is 5.00. The maximum atomic E-state index is 4.27. The quantitative estimate of drug-likeness (QED) is 0.787. The minimum absolute atomic E-state index is 0.597. The molecule has 0 aliphatic carbocycles. The zero-order chi connectivity index (χ0) is 14.6. The lowest BCUT2D eigenvalue weighted by atomic mass is 10.3. The summed E-state index contributed by atoms with van der Waals surface area (Å²) < 4.78 is 2.06. The Morgan fingerprint density at radius 3 is 2.11 bits per heavy atom. The van der Waals surface area contributed by atoms with Gasteiger partial charge >= 0.3 is 0 Å². The predicted octanol–water partition coefficient (Wildman–Crippen LogP) is 4.19. The first kappa shape index (κ1) is 19.5. The maximum absolute atomic E-state index is 4.27. The van der Waals surface area contributed by atoms with Crippen LogP contribution in [0.5, 0.6) is 0 Å². The predicted molar refractivity (Wildman–Crippen MR) is 81.8 cm³/mol. The average molecular weight is 255 g/mol. The van der Waals surface area contributed by atoms with E-state index in [0.29, 0.717) is 6.04 Å². The Balaban J connectivity index is 0. The monoisotopic (exact) mass is 255 g/mol. The topological polar surface area (TPSA) is 21.1 Å². The average Bonchev–Trinajstić information content (AvgIpc) is 2.87. The van der Waals surface area contributed by atoms with Crippen molar-refractivity contribution in [1.29, 1.82) is 0 Å². The fourth-order valence-corrected chi connectivity index (χ4v) is 1.65. The Hall–Kier alpha value is -0.830. The fourth-order valence-electron chi connectivity index (χ4n) is 1.65. The Labute approximate surface area is 114 Å². The van der Waals surface area contributed by atoms with Gasteiger partial charge in [0.25, 0.3) is 0 Å². The van der Waals surface area contributed by atoms with Crippen molar-refractivity contribution >= 4 is 0 Å². The van der Waals surface area contributed by atoms with Crippen molar-refractivity contribution in [1.82, 2.24) is 14.7 Å². The summed E-state index contributed by atoms with van der Waals surface area (Å²) in [7, 11) is 0. The molecule has 0 saturated carbocycles. The zero-order valence-corrected chi connectivity index (χ0v) is 13.7. The molecule has 0 N–H and O–H groups in total. The van der Waals surface area contributed by atoms with E-state index in [1.165, 1.54) is 5.69 Å². The van der Waals surface area contributed by atoms with Crippen LogP contribution in [0.25, 0.3) is 0 Å². The highest BCUT2D eigenvalue weighted by Crippen LogP contribution is 2.07. The van der Waals surface area contributed by atoms with Gasteiger partial charge in [-0.05, 0) is 33.4 Å². The van der Waals surface area contributed by atoms with Crippen molar-refractivity contribution in [2.24, 2.45) is 0 Å². The lowest BCUT2D eigenvalue weighted by molar-refractivity contribution is 0.218. The summed E-state index contributed by atoms with van der Waals surface area (Å²) in [5.74, 6) is 0. The van der Waals surface area contributed by atoms with Gasteiger partial charge in [-0.2, -0.15) is 5.10 Å². The molecule has 0 aromatic carbocycles. The number of rotatable bonds is 5. The largest absolute Gasteiger partial charge is 0.295 e. The van der Waals surface area contributed by atoms with E-state index in [1.54, 1.807) is 0 Å². The Kier molecular flexibility index (Phi) is 13.7. The second-order valence-electron chi connectivity index (χ2n) is 3.80. The molecule has 108 valence electrons. The first-order chi connectivity index (χ1) is 8.69. The van der Waals surface area contributed by atoms with Gasteiger partial charge in [-0.15, -0.1) is 0 Å². The number of aromatic nitrogens is 2. The molecule has 0 saturated heterocycles. The smallest absolute Gasteiger partial charge is 0.0524 e. The molecule has 0 radical (unpaired) electrons. The van der Waals surface area contributed by atoms with Gasteiger partial charge in [0.1, 0.15) is 0 Å². The van der Waals surface area contributed by atoms with Crippen LogP contribution in [0.4, 0.5) is 0 Å². The molecule has 0 atom stereocenters. The second kappa shape index (κ2) is 12.6. The van der Waals surface area contributed by atoms with Crippen molar-refractivity contribution in [2.75, 3.05) is 6.54 Å². The fraction of sp³-hybridized carbons (Fsp3) is 0.800. The van der Waals surface area contributed by atoms with Gasteiger partial charge in [-0.1, -0.05) is 34.6 Å². The van der Waals surface area contributed by atoms with Crippen LogP contribution >= 0.6 is 0 Å². The van der Waals surface area contributed by atoms with Gasteiger partial charge in [0.15, 0.2) is 0 Å². The van der Waals surface area contributed by atoms with Gasteiger partial charge in [0, 0.05) is 25.3 Å². The number of hydrogen-bond acceptors (Lipinski definition) is 2. The molecule has 0 spiro atoms. The van der Waals surface area contributed by atoms with E-state index in [-0.39, 0.29) is 0 Å². The summed E-state index contributed by atoms with van der Waals surface area (Å²) >= 11 is 0. The first-order valence-electron chi connectivity index (χ1n) is 7.43. The number of aryl methyl sites for hydroxylation is 1.